The minimum Gasteiger partial charge on any atom is -0.492 e. The van der Waals surface area contributed by atoms with Crippen molar-refractivity contribution < 1.29 is 19.4 Å². The summed E-state index contributed by atoms with van der Waals surface area (Å²) in [5, 5.41) is 14.3. The van der Waals surface area contributed by atoms with E-state index in [0.717, 1.165) is 22.7 Å². The number of hydrogen-bond acceptors (Lipinski definition) is 4. The van der Waals surface area contributed by atoms with Crippen LogP contribution in [0.25, 0.3) is 0 Å². The molecule has 1 N–H and O–H groups in total. The van der Waals surface area contributed by atoms with Crippen LogP contribution < -0.4 is 4.74 Å². The van der Waals surface area contributed by atoms with Gasteiger partial charge in [0.05, 0.1) is 5.69 Å². The first kappa shape index (κ1) is 17.6. The maximum absolute atomic E-state index is 12.8. The van der Waals surface area contributed by atoms with Crippen molar-refractivity contribution in [1.29, 1.82) is 0 Å². The monoisotopic (exact) mass is 369 g/mol. The molecule has 1 aromatic heterocycles. The number of aliphatic carboxylic acids is 1. The zero-order chi connectivity index (χ0) is 19.2. The molecule has 0 saturated carbocycles. The van der Waals surface area contributed by atoms with Gasteiger partial charge in [-0.2, -0.15) is 5.10 Å². The van der Waals surface area contributed by atoms with Gasteiger partial charge in [-0.1, -0.05) is 18.2 Å². The minimum absolute atomic E-state index is 0.0462. The highest BCUT2D eigenvalue weighted by Gasteiger charge is 2.57. The fourth-order valence-electron chi connectivity index (χ4n) is 4.29. The van der Waals surface area contributed by atoms with Crippen LogP contribution in [0.15, 0.2) is 30.3 Å². The lowest BCUT2D eigenvalue weighted by Crippen LogP contribution is -2.46. The van der Waals surface area contributed by atoms with E-state index in [1.165, 1.54) is 0 Å². The third-order valence-corrected chi connectivity index (χ3v) is 5.74. The van der Waals surface area contributed by atoms with Crippen LogP contribution in [0.5, 0.6) is 5.75 Å². The summed E-state index contributed by atoms with van der Waals surface area (Å²) in [5.41, 5.74) is 1.73. The zero-order valence-corrected chi connectivity index (χ0v) is 15.5. The molecule has 2 aromatic rings. The number of carbonyl (C=O) groups is 2. The van der Waals surface area contributed by atoms with E-state index in [9.17, 15) is 14.7 Å². The molecular weight excluding hydrogens is 346 g/mol. The largest absolute Gasteiger partial charge is 0.492 e. The second-order valence-electron chi connectivity index (χ2n) is 7.51. The maximum Gasteiger partial charge on any atom is 0.315 e. The van der Waals surface area contributed by atoms with Gasteiger partial charge in [-0.25, -0.2) is 0 Å². The first-order valence-corrected chi connectivity index (χ1v) is 9.15. The summed E-state index contributed by atoms with van der Waals surface area (Å²) in [6.45, 7) is 5.05. The molecule has 0 aliphatic carbocycles. The molecule has 2 aliphatic rings. The molecule has 0 unspecified atom stereocenters. The molecule has 3 heterocycles. The zero-order valence-electron chi connectivity index (χ0n) is 15.5. The van der Waals surface area contributed by atoms with Crippen molar-refractivity contribution in [1.82, 2.24) is 14.7 Å². The van der Waals surface area contributed by atoms with Gasteiger partial charge in [0.2, 0.25) is 5.91 Å². The van der Waals surface area contributed by atoms with Gasteiger partial charge in [0.15, 0.2) is 0 Å². The SMILES string of the molecule is Cc1cc(C)n(CCC(=O)N2C[C@@H]3c4ccccc4OC[C@]3(C(=O)O)C2)n1. The number of para-hydroxylation sites is 1. The topological polar surface area (TPSA) is 84.7 Å². The van der Waals surface area contributed by atoms with Gasteiger partial charge in [-0.3, -0.25) is 14.3 Å². The third kappa shape index (κ3) is 2.87. The number of hydrogen-bond donors (Lipinski definition) is 1. The van der Waals surface area contributed by atoms with Crippen LogP contribution in [0, 0.1) is 19.3 Å². The second-order valence-corrected chi connectivity index (χ2v) is 7.51. The molecule has 1 amide bonds. The van der Waals surface area contributed by atoms with Gasteiger partial charge < -0.3 is 14.7 Å². The van der Waals surface area contributed by atoms with E-state index in [1.54, 1.807) is 4.90 Å². The molecule has 27 heavy (non-hydrogen) atoms. The van der Waals surface area contributed by atoms with Crippen LogP contribution in [0.3, 0.4) is 0 Å². The fraction of sp³-hybridized carbons (Fsp3) is 0.450. The molecule has 142 valence electrons. The first-order valence-electron chi connectivity index (χ1n) is 9.15. The summed E-state index contributed by atoms with van der Waals surface area (Å²) in [7, 11) is 0. The number of ether oxygens (including phenoxy) is 1. The molecule has 2 aliphatic heterocycles. The standard InChI is InChI=1S/C20H23N3O4/c1-13-9-14(2)23(21-13)8-7-18(24)22-10-16-15-5-3-4-6-17(15)27-12-20(16,11-22)19(25)26/h3-6,9,16H,7-8,10-12H2,1-2H3,(H,25,26)/t16-,20-/m1/s1. The molecule has 0 bridgehead atoms. The number of nitrogens with zero attached hydrogens (tertiary/aromatic N) is 3. The maximum atomic E-state index is 12.8. The van der Waals surface area contributed by atoms with Crippen LogP contribution in [0.1, 0.15) is 29.3 Å². The highest BCUT2D eigenvalue weighted by molar-refractivity contribution is 5.82. The predicted octanol–water partition coefficient (Wildman–Crippen LogP) is 1.98. The Balaban J connectivity index is 1.53. The van der Waals surface area contributed by atoms with E-state index in [4.69, 9.17) is 4.74 Å². The smallest absolute Gasteiger partial charge is 0.315 e. The number of carboxylic acids is 1. The highest BCUT2D eigenvalue weighted by Crippen LogP contribution is 2.49. The summed E-state index contributed by atoms with van der Waals surface area (Å²) in [4.78, 5) is 26.6. The lowest BCUT2D eigenvalue weighted by molar-refractivity contribution is -0.152. The summed E-state index contributed by atoms with van der Waals surface area (Å²) >= 11 is 0. The average Bonchev–Trinajstić information content (AvgIpc) is 3.20. The third-order valence-electron chi connectivity index (χ3n) is 5.74. The Morgan fingerprint density at radius 1 is 1.33 bits per heavy atom. The first-order chi connectivity index (χ1) is 12.9. The van der Waals surface area contributed by atoms with Crippen LogP contribution >= 0.6 is 0 Å². The van der Waals surface area contributed by atoms with Gasteiger partial charge in [0, 0.05) is 43.2 Å². The van der Waals surface area contributed by atoms with Crippen molar-refractivity contribution in [3.8, 4) is 5.75 Å². The molecule has 2 atom stereocenters. The molecule has 0 radical (unpaired) electrons. The molecule has 0 spiro atoms. The Morgan fingerprint density at radius 3 is 2.81 bits per heavy atom. The summed E-state index contributed by atoms with van der Waals surface area (Å²) < 4.78 is 7.57. The number of likely N-dealkylation sites (tertiary alicyclic amines) is 1. The normalized spacial score (nSPS) is 23.5. The highest BCUT2D eigenvalue weighted by atomic mass is 16.5. The van der Waals surface area contributed by atoms with Crippen molar-refractivity contribution in [2.24, 2.45) is 5.41 Å². The number of carboxylic acid groups (broad SMARTS) is 1. The van der Waals surface area contributed by atoms with Gasteiger partial charge in [-0.05, 0) is 26.0 Å². The quantitative estimate of drug-likeness (QED) is 0.891. The van der Waals surface area contributed by atoms with Gasteiger partial charge in [-0.15, -0.1) is 0 Å². The van der Waals surface area contributed by atoms with Crippen LogP contribution in [0.2, 0.25) is 0 Å². The second kappa shape index (κ2) is 6.40. The number of fused-ring (bicyclic) bond motifs is 3. The fourth-order valence-corrected chi connectivity index (χ4v) is 4.29. The van der Waals surface area contributed by atoms with E-state index in [2.05, 4.69) is 5.10 Å². The van der Waals surface area contributed by atoms with E-state index in [1.807, 2.05) is 48.9 Å². The Kier molecular flexibility index (Phi) is 4.17. The van der Waals surface area contributed by atoms with Crippen molar-refractivity contribution in [3.63, 3.8) is 0 Å². The summed E-state index contributed by atoms with van der Waals surface area (Å²) in [6, 6.07) is 9.49. The van der Waals surface area contributed by atoms with E-state index in [0.29, 0.717) is 19.5 Å². The van der Waals surface area contributed by atoms with E-state index in [-0.39, 0.29) is 25.0 Å². The average molecular weight is 369 g/mol. The van der Waals surface area contributed by atoms with Crippen molar-refractivity contribution in [2.75, 3.05) is 19.7 Å². The Labute approximate surface area is 157 Å². The van der Waals surface area contributed by atoms with Crippen molar-refractivity contribution in [2.45, 2.75) is 32.7 Å². The molecule has 4 rings (SSSR count). The summed E-state index contributed by atoms with van der Waals surface area (Å²) in [5.74, 6) is -0.486. The lowest BCUT2D eigenvalue weighted by atomic mass is 9.73. The molecule has 7 nitrogen and oxygen atoms in total. The van der Waals surface area contributed by atoms with Gasteiger partial charge >= 0.3 is 5.97 Å². The van der Waals surface area contributed by atoms with E-state index < -0.39 is 11.4 Å². The number of benzene rings is 1. The van der Waals surface area contributed by atoms with Gasteiger partial charge in [0.25, 0.3) is 0 Å². The Bertz CT molecular complexity index is 906. The lowest BCUT2D eigenvalue weighted by Gasteiger charge is -2.35. The van der Waals surface area contributed by atoms with E-state index >= 15 is 0 Å². The molecule has 1 fully saturated rings. The summed E-state index contributed by atoms with van der Waals surface area (Å²) in [6.07, 6.45) is 0.298. The van der Waals surface area contributed by atoms with Crippen LogP contribution in [-0.2, 0) is 16.1 Å². The predicted molar refractivity (Wildman–Crippen MR) is 97.6 cm³/mol. The molecular formula is C20H23N3O4. The van der Waals surface area contributed by atoms with Crippen LogP contribution in [-0.4, -0.2) is 51.4 Å². The molecule has 1 aromatic carbocycles. The van der Waals surface area contributed by atoms with Gasteiger partial charge in [0.1, 0.15) is 17.8 Å². The number of carbonyl (C=O) groups excluding carboxylic acids is 1. The van der Waals surface area contributed by atoms with Crippen LogP contribution in [0.4, 0.5) is 0 Å². The number of rotatable bonds is 4. The molecule has 7 heteroatoms. The minimum atomic E-state index is -1.08. The van der Waals surface area contributed by atoms with Crippen molar-refractivity contribution >= 4 is 11.9 Å². The number of aryl methyl sites for hydroxylation is 3. The Hall–Kier alpha value is -2.83. The van der Waals surface area contributed by atoms with Crippen molar-refractivity contribution in [3.05, 3.63) is 47.3 Å². The molecule has 1 saturated heterocycles. The Morgan fingerprint density at radius 2 is 2.11 bits per heavy atom. The number of amides is 1. The number of aromatic nitrogens is 2.